The molecule has 14 heteroatoms. The SMILES string of the molecule is CC(C)(C)COC(=O)N1CCC(Oc2ccc(-c3ccc(C(c4ccc(N5CC(=O)NS5(=O)=O)cc4)c4nc(-c5ccc(Cl)cc5Cl)c[nH]4)cc3)cc2)CC1. The smallest absolute Gasteiger partial charge is 0.409 e. The molecule has 286 valence electrons. The van der Waals surface area contributed by atoms with Gasteiger partial charge in [0.25, 0.3) is 5.91 Å². The number of rotatable bonds is 9. The highest BCUT2D eigenvalue weighted by Crippen LogP contribution is 2.36. The number of H-pyrrole nitrogens is 1. The Balaban J connectivity index is 1.08. The first-order chi connectivity index (χ1) is 26.2. The van der Waals surface area contributed by atoms with Crippen molar-refractivity contribution in [1.82, 2.24) is 19.6 Å². The van der Waals surface area contributed by atoms with E-state index in [-0.39, 0.29) is 30.1 Å². The van der Waals surface area contributed by atoms with Crippen LogP contribution in [-0.2, 0) is 19.7 Å². The van der Waals surface area contributed by atoms with Gasteiger partial charge in [-0.25, -0.2) is 18.8 Å². The fourth-order valence-corrected chi connectivity index (χ4v) is 8.30. The fourth-order valence-electron chi connectivity index (χ4n) is 6.65. The van der Waals surface area contributed by atoms with Gasteiger partial charge in [0.05, 0.1) is 28.9 Å². The highest BCUT2D eigenvalue weighted by Gasteiger charge is 2.34. The Hall–Kier alpha value is -5.04. The van der Waals surface area contributed by atoms with Crippen molar-refractivity contribution < 1.29 is 27.5 Å². The number of imidazole rings is 1. The van der Waals surface area contributed by atoms with E-state index in [1.807, 2.05) is 80.1 Å². The summed E-state index contributed by atoms with van der Waals surface area (Å²) in [7, 11) is -3.95. The zero-order valence-corrected chi connectivity index (χ0v) is 32.9. The molecule has 1 aromatic heterocycles. The van der Waals surface area contributed by atoms with E-state index < -0.39 is 16.1 Å². The molecular formula is C41H41Cl2N5O6S. The average Bonchev–Trinajstić information content (AvgIpc) is 3.74. The average molecular weight is 803 g/mol. The monoisotopic (exact) mass is 801 g/mol. The zero-order chi connectivity index (χ0) is 38.9. The molecule has 2 aliphatic rings. The van der Waals surface area contributed by atoms with Gasteiger partial charge in [0, 0.05) is 42.7 Å². The summed E-state index contributed by atoms with van der Waals surface area (Å²) in [6.45, 7) is 7.40. The van der Waals surface area contributed by atoms with E-state index in [0.29, 0.717) is 46.9 Å². The number of aromatic amines is 1. The number of carbonyl (C=O) groups is 2. The lowest BCUT2D eigenvalue weighted by Gasteiger charge is -2.32. The van der Waals surface area contributed by atoms with Gasteiger partial charge in [-0.1, -0.05) is 92.5 Å². The van der Waals surface area contributed by atoms with Crippen molar-refractivity contribution in [2.24, 2.45) is 5.41 Å². The first kappa shape index (κ1) is 38.2. The first-order valence-corrected chi connectivity index (χ1v) is 20.1. The molecule has 0 saturated carbocycles. The van der Waals surface area contributed by atoms with Gasteiger partial charge < -0.3 is 19.4 Å². The van der Waals surface area contributed by atoms with E-state index >= 15 is 0 Å². The third-order valence-electron chi connectivity index (χ3n) is 9.48. The Morgan fingerprint density at radius 1 is 0.909 bits per heavy atom. The van der Waals surface area contributed by atoms with E-state index in [4.69, 9.17) is 37.7 Å². The number of hydrogen-bond donors (Lipinski definition) is 2. The molecule has 0 radical (unpaired) electrons. The van der Waals surface area contributed by atoms with Crippen LogP contribution in [-0.4, -0.2) is 67.6 Å². The molecule has 1 atom stereocenters. The van der Waals surface area contributed by atoms with Crippen LogP contribution in [0.25, 0.3) is 22.4 Å². The lowest BCUT2D eigenvalue weighted by atomic mass is 9.89. The third-order valence-corrected chi connectivity index (χ3v) is 11.4. The Kier molecular flexibility index (Phi) is 10.8. The number of nitrogens with one attached hydrogen (secondary N) is 2. The number of benzene rings is 4. The molecule has 3 heterocycles. The van der Waals surface area contributed by atoms with Gasteiger partial charge in [-0.3, -0.25) is 4.79 Å². The standard InChI is InChI=1S/C41H41Cl2N5O6S/c1-41(2,3)25-53-40(50)47-20-18-33(19-21-47)54-32-15-10-27(11-16-32)26-4-6-28(7-5-26)38(39-44-23-36(45-39)34-17-12-30(42)22-35(34)43)29-8-13-31(14-9-29)48-24-37(49)46-55(48,51)52/h4-17,22-23,33,38H,18-21,24-25H2,1-3H3,(H,44,45)(H,46,49). The van der Waals surface area contributed by atoms with Crippen LogP contribution < -0.4 is 13.8 Å². The number of hydrogen-bond acceptors (Lipinski definition) is 7. The van der Waals surface area contributed by atoms with Crippen LogP contribution in [0.15, 0.2) is 97.2 Å². The van der Waals surface area contributed by atoms with E-state index in [0.717, 1.165) is 50.7 Å². The molecule has 2 N–H and O–H groups in total. The van der Waals surface area contributed by atoms with Crippen LogP contribution in [0.4, 0.5) is 10.5 Å². The number of anilines is 1. The predicted octanol–water partition coefficient (Wildman–Crippen LogP) is 8.44. The van der Waals surface area contributed by atoms with Crippen molar-refractivity contribution >= 4 is 51.1 Å². The second kappa shape index (κ2) is 15.6. The number of likely N-dealkylation sites (tertiary alicyclic amines) is 1. The fraction of sp³-hybridized carbons (Fsp3) is 0.293. The molecular weight excluding hydrogens is 761 g/mol. The molecule has 0 aliphatic carbocycles. The zero-order valence-electron chi connectivity index (χ0n) is 30.6. The van der Waals surface area contributed by atoms with Gasteiger partial charge in [-0.2, -0.15) is 8.42 Å². The number of halogens is 2. The van der Waals surface area contributed by atoms with Gasteiger partial charge in [0.2, 0.25) is 0 Å². The van der Waals surface area contributed by atoms with Crippen molar-refractivity contribution in [3.63, 3.8) is 0 Å². The largest absolute Gasteiger partial charge is 0.490 e. The van der Waals surface area contributed by atoms with Crippen LogP contribution in [0.3, 0.4) is 0 Å². The lowest BCUT2D eigenvalue weighted by Crippen LogP contribution is -2.42. The van der Waals surface area contributed by atoms with Crippen molar-refractivity contribution in [2.45, 2.75) is 45.6 Å². The summed E-state index contributed by atoms with van der Waals surface area (Å²) in [5.41, 5.74) is 5.49. The Morgan fingerprint density at radius 3 is 2.11 bits per heavy atom. The summed E-state index contributed by atoms with van der Waals surface area (Å²) in [6, 6.07) is 28.5. The van der Waals surface area contributed by atoms with Crippen LogP contribution in [0.1, 0.15) is 56.5 Å². The number of amides is 2. The molecule has 4 aromatic carbocycles. The van der Waals surface area contributed by atoms with Gasteiger partial charge >= 0.3 is 16.3 Å². The summed E-state index contributed by atoms with van der Waals surface area (Å²) in [5, 5.41) is 0.996. The number of aromatic nitrogens is 2. The molecule has 5 aromatic rings. The molecule has 55 heavy (non-hydrogen) atoms. The number of carbonyl (C=O) groups excluding carboxylic acids is 2. The minimum atomic E-state index is -3.95. The van der Waals surface area contributed by atoms with Crippen LogP contribution in [0, 0.1) is 5.41 Å². The molecule has 7 rings (SSSR count). The van der Waals surface area contributed by atoms with Gasteiger partial charge in [0.1, 0.15) is 24.2 Å². The maximum absolute atomic E-state index is 12.5. The number of piperidine rings is 1. The number of ether oxygens (including phenoxy) is 2. The van der Waals surface area contributed by atoms with Crippen molar-refractivity contribution in [3.05, 3.63) is 124 Å². The quantitative estimate of drug-likeness (QED) is 0.153. The van der Waals surface area contributed by atoms with E-state index in [1.165, 1.54) is 0 Å². The normalized spacial score (nSPS) is 16.5. The van der Waals surface area contributed by atoms with Crippen molar-refractivity contribution in [3.8, 4) is 28.1 Å². The summed E-state index contributed by atoms with van der Waals surface area (Å²) < 4.78 is 39.8. The second-order valence-electron chi connectivity index (χ2n) is 14.9. The minimum Gasteiger partial charge on any atom is -0.490 e. The van der Waals surface area contributed by atoms with Crippen LogP contribution in [0.5, 0.6) is 5.75 Å². The first-order valence-electron chi connectivity index (χ1n) is 18.0. The Morgan fingerprint density at radius 2 is 1.53 bits per heavy atom. The predicted molar refractivity (Wildman–Crippen MR) is 214 cm³/mol. The molecule has 0 spiro atoms. The summed E-state index contributed by atoms with van der Waals surface area (Å²) in [6.07, 6.45) is 3.01. The van der Waals surface area contributed by atoms with E-state index in [9.17, 15) is 18.0 Å². The van der Waals surface area contributed by atoms with Gasteiger partial charge in [-0.15, -0.1) is 0 Å². The van der Waals surface area contributed by atoms with E-state index in [2.05, 4.69) is 17.1 Å². The van der Waals surface area contributed by atoms with Crippen molar-refractivity contribution in [2.75, 3.05) is 30.5 Å². The Labute approximate surface area is 330 Å². The maximum atomic E-state index is 12.5. The second-order valence-corrected chi connectivity index (χ2v) is 17.4. The lowest BCUT2D eigenvalue weighted by molar-refractivity contribution is -0.117. The summed E-state index contributed by atoms with van der Waals surface area (Å²) >= 11 is 12.7. The summed E-state index contributed by atoms with van der Waals surface area (Å²) in [5.74, 6) is 0.483. The maximum Gasteiger partial charge on any atom is 0.409 e. The highest BCUT2D eigenvalue weighted by atomic mass is 35.5. The molecule has 2 amide bonds. The highest BCUT2D eigenvalue weighted by molar-refractivity contribution is 7.92. The van der Waals surface area contributed by atoms with Gasteiger partial charge in [0.15, 0.2) is 0 Å². The molecule has 1 unspecified atom stereocenters. The van der Waals surface area contributed by atoms with Crippen molar-refractivity contribution in [1.29, 1.82) is 0 Å². The molecule has 0 bridgehead atoms. The summed E-state index contributed by atoms with van der Waals surface area (Å²) in [4.78, 5) is 34.4. The minimum absolute atomic E-state index is 0.0135. The Bertz CT molecular complexity index is 2280. The van der Waals surface area contributed by atoms with Gasteiger partial charge in [-0.05, 0) is 70.1 Å². The molecule has 2 fully saturated rings. The molecule has 2 aliphatic heterocycles. The number of nitrogens with zero attached hydrogens (tertiary/aromatic N) is 3. The van der Waals surface area contributed by atoms with Crippen LogP contribution >= 0.6 is 23.2 Å². The van der Waals surface area contributed by atoms with E-state index in [1.54, 1.807) is 35.4 Å². The molecule has 11 nitrogen and oxygen atoms in total. The van der Waals surface area contributed by atoms with Crippen LogP contribution in [0.2, 0.25) is 10.0 Å². The third kappa shape index (κ3) is 8.93. The topological polar surface area (TPSA) is 134 Å². The molecule has 2 saturated heterocycles.